The Morgan fingerprint density at radius 3 is 2.75 bits per heavy atom. The zero-order valence-corrected chi connectivity index (χ0v) is 19.6. The molecule has 0 amide bonds. The minimum absolute atomic E-state index is 0.0689. The number of benzene rings is 1. The van der Waals surface area contributed by atoms with Gasteiger partial charge in [0.2, 0.25) is 0 Å². The molecule has 4 rings (SSSR count). The van der Waals surface area contributed by atoms with Crippen molar-refractivity contribution >= 4 is 5.82 Å². The van der Waals surface area contributed by atoms with Crippen molar-refractivity contribution in [2.75, 3.05) is 32.1 Å². The van der Waals surface area contributed by atoms with Crippen molar-refractivity contribution in [1.29, 1.82) is 0 Å². The monoisotopic (exact) mass is 431 g/mol. The predicted molar refractivity (Wildman–Crippen MR) is 128 cm³/mol. The summed E-state index contributed by atoms with van der Waals surface area (Å²) in [4.78, 5) is 18.5. The Balaban J connectivity index is 1.49. The molecule has 0 saturated carbocycles. The number of hydrogen-bond acceptors (Lipinski definition) is 6. The highest BCUT2D eigenvalue weighted by Gasteiger charge is 2.36. The molecular formula is C26H33N5O. The van der Waals surface area contributed by atoms with Gasteiger partial charge in [-0.2, -0.15) is 0 Å². The second-order valence-electron chi connectivity index (χ2n) is 9.22. The van der Waals surface area contributed by atoms with Crippen molar-refractivity contribution in [1.82, 2.24) is 19.9 Å². The molecular weight excluding hydrogens is 398 g/mol. The van der Waals surface area contributed by atoms with Crippen molar-refractivity contribution in [2.45, 2.75) is 45.3 Å². The molecule has 32 heavy (non-hydrogen) atoms. The first-order valence-corrected chi connectivity index (χ1v) is 11.3. The van der Waals surface area contributed by atoms with Crippen molar-refractivity contribution in [3.8, 4) is 5.75 Å². The number of rotatable bonds is 7. The molecule has 1 atom stereocenters. The Morgan fingerprint density at radius 2 is 1.97 bits per heavy atom. The van der Waals surface area contributed by atoms with E-state index in [2.05, 4.69) is 46.8 Å². The van der Waals surface area contributed by atoms with Gasteiger partial charge in [0.05, 0.1) is 0 Å². The fourth-order valence-corrected chi connectivity index (χ4v) is 4.37. The predicted octanol–water partition coefficient (Wildman–Crippen LogP) is 4.38. The summed E-state index contributed by atoms with van der Waals surface area (Å²) in [6, 6.07) is 14.4. The fraction of sp³-hybridized carbons (Fsp3) is 0.423. The zero-order valence-electron chi connectivity index (χ0n) is 19.6. The average molecular weight is 432 g/mol. The number of hydrogen-bond donors (Lipinski definition) is 0. The number of anilines is 1. The highest BCUT2D eigenvalue weighted by molar-refractivity contribution is 5.39. The Labute approximate surface area is 191 Å². The van der Waals surface area contributed by atoms with Crippen LogP contribution in [-0.4, -0.2) is 47.0 Å². The number of nitrogens with zero attached hydrogens (tertiary/aromatic N) is 5. The van der Waals surface area contributed by atoms with E-state index in [1.807, 2.05) is 44.6 Å². The Morgan fingerprint density at radius 1 is 1.12 bits per heavy atom. The smallest absolute Gasteiger partial charge is 0.138 e. The summed E-state index contributed by atoms with van der Waals surface area (Å²) in [7, 11) is 4.06. The van der Waals surface area contributed by atoms with Crippen LogP contribution in [0.5, 0.6) is 5.75 Å². The normalized spacial score (nSPS) is 19.0. The first-order chi connectivity index (χ1) is 15.4. The summed E-state index contributed by atoms with van der Waals surface area (Å²) < 4.78 is 6.16. The second kappa shape index (κ2) is 9.65. The van der Waals surface area contributed by atoms with Gasteiger partial charge in [-0.3, -0.25) is 9.88 Å². The first kappa shape index (κ1) is 22.2. The maximum atomic E-state index is 6.16. The van der Waals surface area contributed by atoms with Crippen molar-refractivity contribution in [2.24, 2.45) is 0 Å². The van der Waals surface area contributed by atoms with Crippen molar-refractivity contribution in [3.63, 3.8) is 0 Å². The van der Waals surface area contributed by atoms with E-state index < -0.39 is 0 Å². The summed E-state index contributed by atoms with van der Waals surface area (Å²) in [5, 5.41) is 0. The minimum Gasteiger partial charge on any atom is -0.489 e. The van der Waals surface area contributed by atoms with E-state index in [9.17, 15) is 0 Å². The maximum absolute atomic E-state index is 6.16. The van der Waals surface area contributed by atoms with E-state index in [0.717, 1.165) is 61.1 Å². The van der Waals surface area contributed by atoms with Gasteiger partial charge in [0.1, 0.15) is 24.0 Å². The number of likely N-dealkylation sites (tertiary alicyclic amines) is 1. The fourth-order valence-electron chi connectivity index (χ4n) is 4.37. The van der Waals surface area contributed by atoms with E-state index in [1.165, 1.54) is 5.56 Å². The molecule has 0 N–H and O–H groups in total. The van der Waals surface area contributed by atoms with Gasteiger partial charge in [0.15, 0.2) is 0 Å². The molecule has 3 heterocycles. The Kier molecular flexibility index (Phi) is 6.70. The van der Waals surface area contributed by atoms with E-state index in [4.69, 9.17) is 14.7 Å². The van der Waals surface area contributed by atoms with Crippen LogP contribution in [-0.2, 0) is 18.6 Å². The molecule has 1 fully saturated rings. The first-order valence-electron chi connectivity index (χ1n) is 11.3. The van der Waals surface area contributed by atoms with E-state index in [-0.39, 0.29) is 5.41 Å². The lowest BCUT2D eigenvalue weighted by atomic mass is 9.80. The van der Waals surface area contributed by atoms with Crippen LogP contribution in [0.1, 0.15) is 42.4 Å². The molecule has 2 aromatic heterocycles. The lowest BCUT2D eigenvalue weighted by molar-refractivity contribution is 0.142. The molecule has 0 aliphatic carbocycles. The highest BCUT2D eigenvalue weighted by atomic mass is 16.5. The molecule has 3 aromatic rings. The third-order valence-corrected chi connectivity index (χ3v) is 6.10. The molecule has 0 bridgehead atoms. The molecule has 6 nitrogen and oxygen atoms in total. The van der Waals surface area contributed by atoms with Crippen LogP contribution in [0.15, 0.2) is 54.9 Å². The van der Waals surface area contributed by atoms with Gasteiger partial charge in [0.25, 0.3) is 0 Å². The van der Waals surface area contributed by atoms with Crippen LogP contribution >= 0.6 is 0 Å². The van der Waals surface area contributed by atoms with Crippen LogP contribution in [0.3, 0.4) is 0 Å². The molecule has 1 aromatic carbocycles. The number of piperidine rings is 1. The molecule has 1 saturated heterocycles. The van der Waals surface area contributed by atoms with Gasteiger partial charge in [-0.25, -0.2) is 9.97 Å². The Bertz CT molecular complexity index is 1040. The van der Waals surface area contributed by atoms with Crippen molar-refractivity contribution in [3.05, 3.63) is 77.5 Å². The van der Waals surface area contributed by atoms with Gasteiger partial charge in [0, 0.05) is 67.9 Å². The number of ether oxygens (including phenoxy) is 1. The van der Waals surface area contributed by atoms with Crippen LogP contribution in [0, 0.1) is 6.92 Å². The molecule has 0 spiro atoms. The third kappa shape index (κ3) is 5.25. The standard InChI is InChI=1S/C26H33N5O/c1-20-15-24(30(3)4)29-25(28-20)26(2)12-8-14-31(19-26)17-22-10-5-6-11-23(22)32-18-21-9-7-13-27-16-21/h5-7,9-11,13,15-16H,8,12,14,17-19H2,1-4H3/t26-/m0/s1. The van der Waals surface area contributed by atoms with Gasteiger partial charge in [-0.15, -0.1) is 0 Å². The topological polar surface area (TPSA) is 54.4 Å². The Hall–Kier alpha value is -2.99. The van der Waals surface area contributed by atoms with E-state index in [1.54, 1.807) is 6.20 Å². The zero-order chi connectivity index (χ0) is 22.6. The van der Waals surface area contributed by atoms with Crippen LogP contribution in [0.25, 0.3) is 0 Å². The van der Waals surface area contributed by atoms with Gasteiger partial charge in [-0.05, 0) is 38.4 Å². The second-order valence-corrected chi connectivity index (χ2v) is 9.22. The molecule has 0 unspecified atom stereocenters. The molecule has 1 aliphatic heterocycles. The average Bonchev–Trinajstić information content (AvgIpc) is 2.79. The van der Waals surface area contributed by atoms with Crippen LogP contribution in [0.4, 0.5) is 5.82 Å². The summed E-state index contributed by atoms with van der Waals surface area (Å²) in [6.07, 6.45) is 5.86. The quantitative estimate of drug-likeness (QED) is 0.553. The van der Waals surface area contributed by atoms with Gasteiger partial charge < -0.3 is 9.64 Å². The number of aryl methyl sites for hydroxylation is 1. The summed E-state index contributed by atoms with van der Waals surface area (Å²) in [6.45, 7) is 7.73. The molecule has 1 aliphatic rings. The van der Waals surface area contributed by atoms with Crippen molar-refractivity contribution < 1.29 is 4.74 Å². The summed E-state index contributed by atoms with van der Waals surface area (Å²) in [5.74, 6) is 2.86. The van der Waals surface area contributed by atoms with Crippen LogP contribution in [0.2, 0.25) is 0 Å². The van der Waals surface area contributed by atoms with Gasteiger partial charge >= 0.3 is 0 Å². The molecule has 6 heteroatoms. The lowest BCUT2D eigenvalue weighted by Crippen LogP contribution is -2.45. The van der Waals surface area contributed by atoms with E-state index >= 15 is 0 Å². The summed E-state index contributed by atoms with van der Waals surface area (Å²) in [5.41, 5.74) is 3.23. The van der Waals surface area contributed by atoms with Crippen LogP contribution < -0.4 is 9.64 Å². The highest BCUT2D eigenvalue weighted by Crippen LogP contribution is 2.34. The molecule has 168 valence electrons. The lowest BCUT2D eigenvalue weighted by Gasteiger charge is -2.40. The number of aromatic nitrogens is 3. The SMILES string of the molecule is Cc1cc(N(C)C)nc([C@@]2(C)CCCN(Cc3ccccc3OCc3cccnc3)C2)n1. The summed E-state index contributed by atoms with van der Waals surface area (Å²) >= 11 is 0. The number of pyridine rings is 1. The van der Waals surface area contributed by atoms with E-state index in [0.29, 0.717) is 6.61 Å². The molecule has 0 radical (unpaired) electrons. The number of para-hydroxylation sites is 1. The van der Waals surface area contributed by atoms with Gasteiger partial charge in [-0.1, -0.05) is 31.2 Å². The minimum atomic E-state index is -0.0689. The third-order valence-electron chi connectivity index (χ3n) is 6.10. The largest absolute Gasteiger partial charge is 0.489 e. The maximum Gasteiger partial charge on any atom is 0.138 e.